The van der Waals surface area contributed by atoms with Crippen molar-refractivity contribution in [1.82, 2.24) is 15.2 Å². The van der Waals surface area contributed by atoms with Crippen LogP contribution in [-0.4, -0.2) is 34.0 Å². The minimum absolute atomic E-state index is 0.0595. The number of para-hydroxylation sites is 1. The molecule has 1 aliphatic rings. The van der Waals surface area contributed by atoms with Crippen LogP contribution in [0, 0.1) is 5.82 Å². The molecular formula is C13H12FN3OS. The summed E-state index contributed by atoms with van der Waals surface area (Å²) in [7, 11) is 1.65. The second kappa shape index (κ2) is 4.31. The molecule has 1 aliphatic heterocycles. The normalized spacial score (nSPS) is 19.3. The van der Waals surface area contributed by atoms with Crippen LogP contribution in [0.25, 0.3) is 10.9 Å². The van der Waals surface area contributed by atoms with E-state index in [1.807, 2.05) is 6.07 Å². The maximum Gasteiger partial charge on any atom is 0.251 e. The average molecular weight is 277 g/mol. The zero-order valence-electron chi connectivity index (χ0n) is 10.2. The number of nitrogens with zero attached hydrogens (tertiary/aromatic N) is 1. The Hall–Kier alpha value is -1.95. The largest absolute Gasteiger partial charge is 0.359 e. The van der Waals surface area contributed by atoms with E-state index in [1.165, 1.54) is 11.0 Å². The Morgan fingerprint density at radius 2 is 2.26 bits per heavy atom. The molecular weight excluding hydrogens is 265 g/mol. The van der Waals surface area contributed by atoms with Gasteiger partial charge in [-0.05, 0) is 23.8 Å². The third kappa shape index (κ3) is 1.88. The zero-order valence-corrected chi connectivity index (χ0v) is 11.1. The highest BCUT2D eigenvalue weighted by Crippen LogP contribution is 2.23. The van der Waals surface area contributed by atoms with Crippen LogP contribution in [0.2, 0.25) is 0 Å². The molecule has 4 nitrogen and oxygen atoms in total. The predicted octanol–water partition coefficient (Wildman–Crippen LogP) is 1.56. The number of amides is 1. The number of hydrogen-bond donors (Lipinski definition) is 2. The number of benzene rings is 1. The van der Waals surface area contributed by atoms with Gasteiger partial charge in [0, 0.05) is 25.1 Å². The van der Waals surface area contributed by atoms with E-state index in [4.69, 9.17) is 12.2 Å². The fourth-order valence-corrected chi connectivity index (χ4v) is 2.58. The van der Waals surface area contributed by atoms with Crippen molar-refractivity contribution in [2.75, 3.05) is 7.05 Å². The van der Waals surface area contributed by atoms with Gasteiger partial charge in [0.15, 0.2) is 5.11 Å². The maximum atomic E-state index is 13.6. The second-order valence-corrected chi connectivity index (χ2v) is 4.97. The average Bonchev–Trinajstić information content (AvgIpc) is 2.90. The first-order valence-electron chi connectivity index (χ1n) is 5.90. The number of nitrogens with one attached hydrogen (secondary N) is 2. The SMILES string of the molecule is CN1C(=O)C(Cc2c[nH]c3c(F)cccc23)NC1=S. The van der Waals surface area contributed by atoms with Gasteiger partial charge in [-0.1, -0.05) is 12.1 Å². The Morgan fingerprint density at radius 1 is 1.47 bits per heavy atom. The van der Waals surface area contributed by atoms with Gasteiger partial charge in [0.05, 0.1) is 5.52 Å². The molecule has 6 heteroatoms. The molecule has 1 fully saturated rings. The van der Waals surface area contributed by atoms with Crippen LogP contribution < -0.4 is 5.32 Å². The van der Waals surface area contributed by atoms with Crippen LogP contribution >= 0.6 is 12.2 Å². The number of rotatable bonds is 2. The van der Waals surface area contributed by atoms with E-state index < -0.39 is 0 Å². The number of aromatic nitrogens is 1. The van der Waals surface area contributed by atoms with Crippen LogP contribution in [0.15, 0.2) is 24.4 Å². The van der Waals surface area contributed by atoms with Crippen LogP contribution in [0.1, 0.15) is 5.56 Å². The zero-order chi connectivity index (χ0) is 13.6. The van der Waals surface area contributed by atoms with Gasteiger partial charge < -0.3 is 10.3 Å². The van der Waals surface area contributed by atoms with E-state index in [0.29, 0.717) is 17.0 Å². The predicted molar refractivity (Wildman–Crippen MR) is 74.3 cm³/mol. The molecule has 2 N–H and O–H groups in total. The molecule has 98 valence electrons. The van der Waals surface area contributed by atoms with Gasteiger partial charge in [-0.25, -0.2) is 4.39 Å². The summed E-state index contributed by atoms with van der Waals surface area (Å²) in [6.45, 7) is 0. The van der Waals surface area contributed by atoms with Crippen LogP contribution in [0.4, 0.5) is 4.39 Å². The second-order valence-electron chi connectivity index (χ2n) is 4.58. The molecule has 1 atom stereocenters. The van der Waals surface area contributed by atoms with E-state index in [-0.39, 0.29) is 17.8 Å². The van der Waals surface area contributed by atoms with Crippen LogP contribution in [-0.2, 0) is 11.2 Å². The highest BCUT2D eigenvalue weighted by atomic mass is 32.1. The molecule has 0 aliphatic carbocycles. The number of fused-ring (bicyclic) bond motifs is 1. The minimum Gasteiger partial charge on any atom is -0.359 e. The summed E-state index contributed by atoms with van der Waals surface area (Å²) in [6.07, 6.45) is 2.22. The summed E-state index contributed by atoms with van der Waals surface area (Å²) < 4.78 is 13.6. The van der Waals surface area contributed by atoms with Gasteiger partial charge in [0.2, 0.25) is 0 Å². The van der Waals surface area contributed by atoms with E-state index >= 15 is 0 Å². The van der Waals surface area contributed by atoms with Crippen molar-refractivity contribution in [3.8, 4) is 0 Å². The Bertz CT molecular complexity index is 682. The maximum absolute atomic E-state index is 13.6. The number of likely N-dealkylation sites (N-methyl/N-ethyl adjacent to an activating group) is 1. The Labute approximate surface area is 114 Å². The molecule has 0 saturated carbocycles. The summed E-state index contributed by atoms with van der Waals surface area (Å²) in [5.41, 5.74) is 1.37. The number of H-pyrrole nitrogens is 1. The van der Waals surface area contributed by atoms with Gasteiger partial charge in [-0.2, -0.15) is 0 Å². The molecule has 1 unspecified atom stereocenters. The van der Waals surface area contributed by atoms with Crippen molar-refractivity contribution in [2.45, 2.75) is 12.5 Å². The quantitative estimate of drug-likeness (QED) is 0.819. The smallest absolute Gasteiger partial charge is 0.251 e. The fourth-order valence-electron chi connectivity index (χ4n) is 2.34. The number of carbonyl (C=O) groups is 1. The lowest BCUT2D eigenvalue weighted by molar-refractivity contribution is -0.126. The first-order chi connectivity index (χ1) is 9.08. The van der Waals surface area contributed by atoms with Gasteiger partial charge in [-0.15, -0.1) is 0 Å². The summed E-state index contributed by atoms with van der Waals surface area (Å²) in [4.78, 5) is 16.3. The standard InChI is InChI=1S/C13H12FN3OS/c1-17-12(18)10(16-13(17)19)5-7-6-15-11-8(7)3-2-4-9(11)14/h2-4,6,10,15H,5H2,1H3,(H,16,19). The van der Waals surface area contributed by atoms with E-state index in [2.05, 4.69) is 10.3 Å². The van der Waals surface area contributed by atoms with Gasteiger partial charge in [0.1, 0.15) is 11.9 Å². The van der Waals surface area contributed by atoms with Crippen molar-refractivity contribution in [3.05, 3.63) is 35.8 Å². The van der Waals surface area contributed by atoms with Crippen molar-refractivity contribution in [3.63, 3.8) is 0 Å². The highest BCUT2D eigenvalue weighted by molar-refractivity contribution is 7.80. The first-order valence-corrected chi connectivity index (χ1v) is 6.31. The van der Waals surface area contributed by atoms with Crippen molar-refractivity contribution in [2.24, 2.45) is 0 Å². The molecule has 0 radical (unpaired) electrons. The third-order valence-electron chi connectivity index (χ3n) is 3.41. The molecule has 2 heterocycles. The van der Waals surface area contributed by atoms with Gasteiger partial charge in [0.25, 0.3) is 5.91 Å². The van der Waals surface area contributed by atoms with Crippen molar-refractivity contribution in [1.29, 1.82) is 0 Å². The van der Waals surface area contributed by atoms with Crippen LogP contribution in [0.5, 0.6) is 0 Å². The lowest BCUT2D eigenvalue weighted by Crippen LogP contribution is -2.31. The lowest BCUT2D eigenvalue weighted by Gasteiger charge is -2.07. The monoisotopic (exact) mass is 277 g/mol. The molecule has 1 amide bonds. The number of carbonyl (C=O) groups excluding carboxylic acids is 1. The topological polar surface area (TPSA) is 48.1 Å². The molecule has 1 saturated heterocycles. The molecule has 0 bridgehead atoms. The molecule has 2 aromatic rings. The van der Waals surface area contributed by atoms with Gasteiger partial charge in [-0.3, -0.25) is 9.69 Å². The lowest BCUT2D eigenvalue weighted by atomic mass is 10.1. The molecule has 0 spiro atoms. The van der Waals surface area contributed by atoms with E-state index in [0.717, 1.165) is 10.9 Å². The number of aromatic amines is 1. The minimum atomic E-state index is -0.375. The fraction of sp³-hybridized carbons (Fsp3) is 0.231. The van der Waals surface area contributed by atoms with E-state index in [9.17, 15) is 9.18 Å². The number of hydrogen-bond acceptors (Lipinski definition) is 2. The Kier molecular flexibility index (Phi) is 2.74. The Morgan fingerprint density at radius 3 is 2.95 bits per heavy atom. The van der Waals surface area contributed by atoms with Crippen LogP contribution in [0.3, 0.4) is 0 Å². The summed E-state index contributed by atoms with van der Waals surface area (Å²) >= 11 is 5.03. The summed E-state index contributed by atoms with van der Waals surface area (Å²) in [5.74, 6) is -0.349. The summed E-state index contributed by atoms with van der Waals surface area (Å²) in [5, 5.41) is 4.20. The number of halogens is 1. The van der Waals surface area contributed by atoms with Gasteiger partial charge >= 0.3 is 0 Å². The Balaban J connectivity index is 1.93. The van der Waals surface area contributed by atoms with Crippen molar-refractivity contribution < 1.29 is 9.18 Å². The highest BCUT2D eigenvalue weighted by Gasteiger charge is 2.33. The first kappa shape index (κ1) is 12.1. The third-order valence-corrected chi connectivity index (χ3v) is 3.80. The van der Waals surface area contributed by atoms with E-state index in [1.54, 1.807) is 19.3 Å². The van der Waals surface area contributed by atoms with Crippen molar-refractivity contribution >= 4 is 34.1 Å². The molecule has 1 aromatic heterocycles. The molecule has 19 heavy (non-hydrogen) atoms. The summed E-state index contributed by atoms with van der Waals surface area (Å²) in [6, 6.07) is 4.53. The number of thiocarbonyl (C=S) groups is 1. The molecule has 1 aromatic carbocycles. The molecule has 3 rings (SSSR count).